The van der Waals surface area contributed by atoms with Crippen LogP contribution in [0.25, 0.3) is 0 Å². The Labute approximate surface area is 392 Å². The highest BCUT2D eigenvalue weighted by Crippen LogP contribution is 2.17. The van der Waals surface area contributed by atoms with E-state index < -0.39 is 6.10 Å². The Bertz CT molecular complexity index is 978. The van der Waals surface area contributed by atoms with Gasteiger partial charge in [0.25, 0.3) is 0 Å². The van der Waals surface area contributed by atoms with Crippen molar-refractivity contribution in [2.75, 3.05) is 13.2 Å². The number of rotatable bonds is 52. The molecule has 0 bridgehead atoms. The third-order valence-corrected chi connectivity index (χ3v) is 12.8. The van der Waals surface area contributed by atoms with Gasteiger partial charge in [0, 0.05) is 19.3 Å². The summed E-state index contributed by atoms with van der Waals surface area (Å²) in [6.45, 7) is 6.63. The minimum absolute atomic E-state index is 0.0664. The van der Waals surface area contributed by atoms with Gasteiger partial charge in [0.2, 0.25) is 0 Å². The van der Waals surface area contributed by atoms with Gasteiger partial charge in [-0.2, -0.15) is 0 Å². The zero-order valence-corrected chi connectivity index (χ0v) is 42.6. The van der Waals surface area contributed by atoms with Crippen LogP contribution in [0.2, 0.25) is 0 Å². The van der Waals surface area contributed by atoms with Gasteiger partial charge in [-0.25, -0.2) is 0 Å². The zero-order chi connectivity index (χ0) is 45.8. The van der Waals surface area contributed by atoms with Crippen molar-refractivity contribution < 1.29 is 28.6 Å². The lowest BCUT2D eigenvalue weighted by molar-refractivity contribution is -0.167. The van der Waals surface area contributed by atoms with Crippen LogP contribution in [0.3, 0.4) is 0 Å². The number of carbonyl (C=O) groups excluding carboxylic acids is 3. The van der Waals surface area contributed by atoms with Gasteiger partial charge >= 0.3 is 17.9 Å². The highest BCUT2D eigenvalue weighted by molar-refractivity contribution is 5.71. The van der Waals surface area contributed by atoms with Gasteiger partial charge < -0.3 is 14.2 Å². The van der Waals surface area contributed by atoms with E-state index in [1.165, 1.54) is 218 Å². The molecule has 0 saturated carbocycles. The maximum atomic E-state index is 12.8. The topological polar surface area (TPSA) is 78.9 Å². The lowest BCUT2D eigenvalue weighted by atomic mass is 10.0. The number of allylic oxidation sites excluding steroid dienone is 2. The van der Waals surface area contributed by atoms with Crippen molar-refractivity contribution in [3.05, 3.63) is 12.2 Å². The van der Waals surface area contributed by atoms with E-state index in [4.69, 9.17) is 14.2 Å². The van der Waals surface area contributed by atoms with Crippen molar-refractivity contribution >= 4 is 17.9 Å². The summed E-state index contributed by atoms with van der Waals surface area (Å²) in [5, 5.41) is 0. The van der Waals surface area contributed by atoms with Gasteiger partial charge in [-0.1, -0.05) is 264 Å². The summed E-state index contributed by atoms with van der Waals surface area (Å²) in [4.78, 5) is 37.8. The Hall–Kier alpha value is -1.85. The predicted octanol–water partition coefficient (Wildman–Crippen LogP) is 18.5. The summed E-state index contributed by atoms with van der Waals surface area (Å²) in [6.07, 6.45) is 59.5. The predicted molar refractivity (Wildman–Crippen MR) is 270 cm³/mol. The molecule has 0 amide bonds. The monoisotopic (exact) mass is 889 g/mol. The maximum Gasteiger partial charge on any atom is 0.306 e. The number of ether oxygens (including phenoxy) is 3. The largest absolute Gasteiger partial charge is 0.462 e. The molecule has 0 aliphatic heterocycles. The molecule has 0 saturated heterocycles. The Morgan fingerprint density at radius 3 is 0.794 bits per heavy atom. The fraction of sp³-hybridized carbons (Fsp3) is 0.912. The van der Waals surface area contributed by atoms with Crippen LogP contribution in [-0.2, 0) is 28.6 Å². The quantitative estimate of drug-likeness (QED) is 0.0262. The van der Waals surface area contributed by atoms with Crippen LogP contribution in [-0.4, -0.2) is 37.2 Å². The van der Waals surface area contributed by atoms with E-state index in [1.54, 1.807) is 0 Å². The number of unbranched alkanes of at least 4 members (excludes halogenated alkanes) is 39. The average Bonchev–Trinajstić information content (AvgIpc) is 3.28. The molecule has 6 nitrogen and oxygen atoms in total. The second-order valence-electron chi connectivity index (χ2n) is 19.2. The van der Waals surface area contributed by atoms with E-state index >= 15 is 0 Å². The van der Waals surface area contributed by atoms with Crippen molar-refractivity contribution in [1.82, 2.24) is 0 Å². The van der Waals surface area contributed by atoms with Gasteiger partial charge in [0.1, 0.15) is 13.2 Å². The first-order chi connectivity index (χ1) is 31.0. The second-order valence-corrected chi connectivity index (χ2v) is 19.2. The molecule has 0 aliphatic rings. The number of hydrogen-bond acceptors (Lipinski definition) is 6. The molecule has 6 heteroatoms. The van der Waals surface area contributed by atoms with Crippen molar-refractivity contribution in [1.29, 1.82) is 0 Å². The summed E-state index contributed by atoms with van der Waals surface area (Å²) < 4.78 is 16.8. The number of carbonyl (C=O) groups is 3. The molecule has 0 radical (unpaired) electrons. The minimum Gasteiger partial charge on any atom is -0.462 e. The molecule has 372 valence electrons. The standard InChI is InChI=1S/C57H108O6/c1-4-7-10-13-16-18-20-22-24-26-28-29-30-32-33-35-37-39-41-44-47-50-56(59)62-53-54(52-61-55(58)49-46-43-15-12-9-6-3)63-57(60)51-48-45-42-40-38-36-34-31-27-25-23-21-19-17-14-11-8-5-2/h26,28,54H,4-25,27,29-53H2,1-3H3/b28-26-. The highest BCUT2D eigenvalue weighted by atomic mass is 16.6. The molecule has 0 aliphatic carbocycles. The van der Waals surface area contributed by atoms with E-state index in [0.29, 0.717) is 19.3 Å². The van der Waals surface area contributed by atoms with Crippen LogP contribution in [0.15, 0.2) is 12.2 Å². The smallest absolute Gasteiger partial charge is 0.306 e. The molecule has 0 heterocycles. The van der Waals surface area contributed by atoms with Crippen LogP contribution in [0, 0.1) is 0 Å². The van der Waals surface area contributed by atoms with Crippen molar-refractivity contribution in [3.63, 3.8) is 0 Å². The fourth-order valence-electron chi connectivity index (χ4n) is 8.50. The molecule has 1 atom stereocenters. The molecule has 0 aromatic carbocycles. The average molecular weight is 889 g/mol. The summed E-state index contributed by atoms with van der Waals surface area (Å²) in [6, 6.07) is 0. The Morgan fingerprint density at radius 2 is 0.524 bits per heavy atom. The Kier molecular flexibility index (Phi) is 51.2. The third kappa shape index (κ3) is 51.0. The van der Waals surface area contributed by atoms with E-state index in [9.17, 15) is 14.4 Å². The zero-order valence-electron chi connectivity index (χ0n) is 42.6. The maximum absolute atomic E-state index is 12.8. The lowest BCUT2D eigenvalue weighted by Crippen LogP contribution is -2.30. The minimum atomic E-state index is -0.763. The molecule has 0 aromatic rings. The second kappa shape index (κ2) is 52.8. The summed E-state index contributed by atoms with van der Waals surface area (Å²) in [7, 11) is 0. The van der Waals surface area contributed by atoms with E-state index in [1.807, 2.05) is 0 Å². The first-order valence-corrected chi connectivity index (χ1v) is 28.2. The van der Waals surface area contributed by atoms with Gasteiger partial charge in [0.15, 0.2) is 6.10 Å². The number of esters is 3. The van der Waals surface area contributed by atoms with E-state index in [2.05, 4.69) is 32.9 Å². The molecule has 0 fully saturated rings. The van der Waals surface area contributed by atoms with Crippen LogP contribution in [0.1, 0.15) is 316 Å². The Morgan fingerprint density at radius 1 is 0.302 bits per heavy atom. The van der Waals surface area contributed by atoms with E-state index in [-0.39, 0.29) is 31.1 Å². The van der Waals surface area contributed by atoms with Gasteiger partial charge in [-0.3, -0.25) is 14.4 Å². The first-order valence-electron chi connectivity index (χ1n) is 28.2. The molecule has 0 aromatic heterocycles. The normalized spacial score (nSPS) is 12.0. The van der Waals surface area contributed by atoms with E-state index in [0.717, 1.165) is 57.8 Å². The lowest BCUT2D eigenvalue weighted by Gasteiger charge is -2.18. The van der Waals surface area contributed by atoms with Gasteiger partial charge in [0.05, 0.1) is 0 Å². The SMILES string of the molecule is CCCCCCCCCC/C=C\CCCCCCCCCCCC(=O)OCC(COC(=O)CCCCCCCC)OC(=O)CCCCCCCCCCCCCCCCCCCC. The fourth-order valence-corrected chi connectivity index (χ4v) is 8.50. The van der Waals surface area contributed by atoms with Crippen LogP contribution >= 0.6 is 0 Å². The molecule has 0 rings (SSSR count). The van der Waals surface area contributed by atoms with Crippen LogP contribution < -0.4 is 0 Å². The highest BCUT2D eigenvalue weighted by Gasteiger charge is 2.19. The summed E-state index contributed by atoms with van der Waals surface area (Å²) in [5.74, 6) is -0.858. The van der Waals surface area contributed by atoms with Gasteiger partial charge in [-0.15, -0.1) is 0 Å². The Balaban J connectivity index is 4.11. The first kappa shape index (κ1) is 61.1. The summed E-state index contributed by atoms with van der Waals surface area (Å²) >= 11 is 0. The van der Waals surface area contributed by atoms with Crippen molar-refractivity contribution in [3.8, 4) is 0 Å². The molecule has 0 spiro atoms. The van der Waals surface area contributed by atoms with Crippen molar-refractivity contribution in [2.45, 2.75) is 322 Å². The molecular formula is C57H108O6. The van der Waals surface area contributed by atoms with Crippen LogP contribution in [0.4, 0.5) is 0 Å². The molecular weight excluding hydrogens is 781 g/mol. The number of hydrogen-bond donors (Lipinski definition) is 0. The molecule has 0 N–H and O–H groups in total. The summed E-state index contributed by atoms with van der Waals surface area (Å²) in [5.41, 5.74) is 0. The molecule has 63 heavy (non-hydrogen) atoms. The third-order valence-electron chi connectivity index (χ3n) is 12.8. The van der Waals surface area contributed by atoms with Crippen molar-refractivity contribution in [2.24, 2.45) is 0 Å². The van der Waals surface area contributed by atoms with Gasteiger partial charge in [-0.05, 0) is 44.9 Å². The van der Waals surface area contributed by atoms with Crippen LogP contribution in [0.5, 0.6) is 0 Å². The molecule has 1 unspecified atom stereocenters.